The Morgan fingerprint density at radius 2 is 1.86 bits per heavy atom. The van der Waals surface area contributed by atoms with Crippen LogP contribution in [0.2, 0.25) is 5.02 Å². The standard InChI is InChI=1S/C26H34ClN5O3/c1-16-5-6-17(2)32(16)23(33)13-31-15-26(3,4)35-14-22(31)25(34)30-21-12-19(27)11-20(24(21)28)18-7-9-29-10-8-18/h7-12,16-17,22H,5-6,13-15,28H2,1-4H3,(H,30,34)/t16-,17-,22+/m1/s1. The zero-order valence-electron chi connectivity index (χ0n) is 20.8. The van der Waals surface area contributed by atoms with E-state index in [4.69, 9.17) is 22.1 Å². The average Bonchev–Trinajstić information content (AvgIpc) is 3.14. The van der Waals surface area contributed by atoms with Gasteiger partial charge < -0.3 is 20.7 Å². The van der Waals surface area contributed by atoms with Crippen LogP contribution in [0, 0.1) is 0 Å². The number of nitrogens with zero attached hydrogens (tertiary/aromatic N) is 3. The molecule has 2 aliphatic heterocycles. The SMILES string of the molecule is C[C@@H]1CC[C@@H](C)N1C(=O)CN1CC(C)(C)OC[C@H]1C(=O)Nc1cc(Cl)cc(-c2ccncc2)c1N. The van der Waals surface area contributed by atoms with Gasteiger partial charge in [-0.3, -0.25) is 19.5 Å². The molecule has 0 unspecified atom stereocenters. The summed E-state index contributed by atoms with van der Waals surface area (Å²) in [5.41, 5.74) is 8.35. The molecule has 0 spiro atoms. The van der Waals surface area contributed by atoms with Crippen LogP contribution in [0.1, 0.15) is 40.5 Å². The number of nitrogens with two attached hydrogens (primary N) is 1. The zero-order valence-corrected chi connectivity index (χ0v) is 21.5. The number of pyridine rings is 1. The number of likely N-dealkylation sites (tertiary alicyclic amines) is 1. The van der Waals surface area contributed by atoms with Crippen LogP contribution in [0.4, 0.5) is 11.4 Å². The molecule has 188 valence electrons. The van der Waals surface area contributed by atoms with Gasteiger partial charge in [0.05, 0.1) is 30.1 Å². The number of carbonyl (C=O) groups excluding carboxylic acids is 2. The molecular weight excluding hydrogens is 466 g/mol. The van der Waals surface area contributed by atoms with E-state index < -0.39 is 11.6 Å². The van der Waals surface area contributed by atoms with Gasteiger partial charge in [0, 0.05) is 41.6 Å². The number of nitrogen functional groups attached to an aromatic ring is 1. The van der Waals surface area contributed by atoms with Gasteiger partial charge in [-0.15, -0.1) is 0 Å². The first-order valence-corrected chi connectivity index (χ1v) is 12.4. The van der Waals surface area contributed by atoms with Gasteiger partial charge in [0.2, 0.25) is 11.8 Å². The fraction of sp³-hybridized carbons (Fsp3) is 0.500. The Labute approximate surface area is 211 Å². The lowest BCUT2D eigenvalue weighted by Gasteiger charge is -2.43. The van der Waals surface area contributed by atoms with Crippen LogP contribution in [-0.4, -0.2) is 70.0 Å². The van der Waals surface area contributed by atoms with E-state index in [0.717, 1.165) is 18.4 Å². The highest BCUT2D eigenvalue weighted by Gasteiger charge is 2.40. The third kappa shape index (κ3) is 5.60. The number of hydrogen-bond acceptors (Lipinski definition) is 6. The molecule has 2 aliphatic rings. The molecule has 0 radical (unpaired) electrons. The first-order chi connectivity index (χ1) is 16.6. The van der Waals surface area contributed by atoms with Crippen LogP contribution in [0.15, 0.2) is 36.7 Å². The van der Waals surface area contributed by atoms with Crippen molar-refractivity contribution in [1.29, 1.82) is 0 Å². The molecule has 1 aromatic heterocycles. The summed E-state index contributed by atoms with van der Waals surface area (Å²) < 4.78 is 5.97. The van der Waals surface area contributed by atoms with E-state index in [1.54, 1.807) is 24.5 Å². The van der Waals surface area contributed by atoms with Gasteiger partial charge in [-0.25, -0.2) is 0 Å². The van der Waals surface area contributed by atoms with E-state index in [-0.39, 0.29) is 37.0 Å². The third-order valence-corrected chi connectivity index (χ3v) is 7.15. The van der Waals surface area contributed by atoms with Crippen molar-refractivity contribution < 1.29 is 14.3 Å². The van der Waals surface area contributed by atoms with Crippen LogP contribution in [-0.2, 0) is 14.3 Å². The highest BCUT2D eigenvalue weighted by atomic mass is 35.5. The number of ether oxygens (including phenoxy) is 1. The highest BCUT2D eigenvalue weighted by Crippen LogP contribution is 2.35. The van der Waals surface area contributed by atoms with Gasteiger partial charge >= 0.3 is 0 Å². The molecule has 2 saturated heterocycles. The van der Waals surface area contributed by atoms with Gasteiger partial charge in [0.1, 0.15) is 6.04 Å². The quantitative estimate of drug-likeness (QED) is 0.607. The lowest BCUT2D eigenvalue weighted by molar-refractivity contribution is -0.151. The number of rotatable bonds is 5. The maximum absolute atomic E-state index is 13.5. The molecule has 2 aromatic rings. The number of anilines is 2. The number of amides is 2. The van der Waals surface area contributed by atoms with E-state index >= 15 is 0 Å². The molecule has 3 N–H and O–H groups in total. The molecule has 4 rings (SSSR count). The summed E-state index contributed by atoms with van der Waals surface area (Å²) in [6.45, 7) is 8.89. The molecule has 0 bridgehead atoms. The molecule has 3 atom stereocenters. The van der Waals surface area contributed by atoms with Crippen molar-refractivity contribution in [2.75, 3.05) is 30.7 Å². The van der Waals surface area contributed by atoms with Crippen molar-refractivity contribution in [3.63, 3.8) is 0 Å². The van der Waals surface area contributed by atoms with Crippen molar-refractivity contribution in [2.24, 2.45) is 0 Å². The first-order valence-electron chi connectivity index (χ1n) is 12.0. The minimum Gasteiger partial charge on any atom is -0.397 e. The summed E-state index contributed by atoms with van der Waals surface area (Å²) in [6.07, 6.45) is 5.34. The van der Waals surface area contributed by atoms with Crippen molar-refractivity contribution in [3.05, 3.63) is 41.7 Å². The zero-order chi connectivity index (χ0) is 25.3. The lowest BCUT2D eigenvalue weighted by Crippen LogP contribution is -2.60. The Morgan fingerprint density at radius 3 is 2.51 bits per heavy atom. The van der Waals surface area contributed by atoms with Crippen molar-refractivity contribution >= 4 is 34.8 Å². The Morgan fingerprint density at radius 1 is 1.20 bits per heavy atom. The number of morpholine rings is 1. The summed E-state index contributed by atoms with van der Waals surface area (Å²) in [7, 11) is 0. The molecule has 2 fully saturated rings. The van der Waals surface area contributed by atoms with E-state index in [2.05, 4.69) is 24.1 Å². The molecule has 8 nitrogen and oxygen atoms in total. The van der Waals surface area contributed by atoms with Gasteiger partial charge in [-0.1, -0.05) is 11.6 Å². The minimum atomic E-state index is -0.636. The van der Waals surface area contributed by atoms with Crippen LogP contribution in [0.5, 0.6) is 0 Å². The maximum atomic E-state index is 13.5. The fourth-order valence-corrected chi connectivity index (χ4v) is 5.33. The Balaban J connectivity index is 1.55. The second kappa shape index (κ2) is 10.1. The molecule has 9 heteroatoms. The van der Waals surface area contributed by atoms with Gasteiger partial charge in [0.15, 0.2) is 0 Å². The summed E-state index contributed by atoms with van der Waals surface area (Å²) in [5, 5.41) is 3.39. The number of nitrogens with one attached hydrogen (secondary N) is 1. The van der Waals surface area contributed by atoms with E-state index in [9.17, 15) is 9.59 Å². The number of benzene rings is 1. The summed E-state index contributed by atoms with van der Waals surface area (Å²) in [5.74, 6) is -0.245. The van der Waals surface area contributed by atoms with Crippen LogP contribution < -0.4 is 11.1 Å². The Bertz CT molecular complexity index is 1080. The first kappa shape index (κ1) is 25.4. The molecule has 0 saturated carbocycles. The predicted molar refractivity (Wildman–Crippen MR) is 138 cm³/mol. The van der Waals surface area contributed by atoms with Crippen LogP contribution in [0.25, 0.3) is 11.1 Å². The van der Waals surface area contributed by atoms with Crippen molar-refractivity contribution in [2.45, 2.75) is 64.3 Å². The van der Waals surface area contributed by atoms with Gasteiger partial charge in [-0.05, 0) is 70.4 Å². The van der Waals surface area contributed by atoms with E-state index in [1.165, 1.54) is 0 Å². The predicted octanol–water partition coefficient (Wildman–Crippen LogP) is 3.80. The number of carbonyl (C=O) groups is 2. The van der Waals surface area contributed by atoms with Crippen LogP contribution in [0.3, 0.4) is 0 Å². The lowest BCUT2D eigenvalue weighted by atomic mass is 10.0. The van der Waals surface area contributed by atoms with Gasteiger partial charge in [-0.2, -0.15) is 0 Å². The monoisotopic (exact) mass is 499 g/mol. The summed E-state index contributed by atoms with van der Waals surface area (Å²) in [6, 6.07) is 6.83. The average molecular weight is 500 g/mol. The molecule has 1 aromatic carbocycles. The topological polar surface area (TPSA) is 101 Å². The second-order valence-corrected chi connectivity index (χ2v) is 10.6. The van der Waals surface area contributed by atoms with Crippen molar-refractivity contribution in [1.82, 2.24) is 14.8 Å². The van der Waals surface area contributed by atoms with E-state index in [1.807, 2.05) is 35.8 Å². The molecule has 0 aliphatic carbocycles. The molecular formula is C26H34ClN5O3. The molecule has 35 heavy (non-hydrogen) atoms. The Kier molecular flexibility index (Phi) is 7.35. The minimum absolute atomic E-state index is 0.0419. The van der Waals surface area contributed by atoms with Gasteiger partial charge in [0.25, 0.3) is 0 Å². The fourth-order valence-electron chi connectivity index (χ4n) is 5.11. The number of halogens is 1. The number of aromatic nitrogens is 1. The number of hydrogen-bond donors (Lipinski definition) is 2. The third-order valence-electron chi connectivity index (χ3n) is 6.93. The summed E-state index contributed by atoms with van der Waals surface area (Å²) >= 11 is 6.37. The molecule has 2 amide bonds. The summed E-state index contributed by atoms with van der Waals surface area (Å²) in [4.78, 5) is 34.6. The van der Waals surface area contributed by atoms with E-state index in [0.29, 0.717) is 28.5 Å². The molecule has 3 heterocycles. The normalized spacial score (nSPS) is 24.4. The smallest absolute Gasteiger partial charge is 0.244 e. The highest BCUT2D eigenvalue weighted by molar-refractivity contribution is 6.31. The Hall–Kier alpha value is -2.68. The van der Waals surface area contributed by atoms with Crippen molar-refractivity contribution in [3.8, 4) is 11.1 Å². The van der Waals surface area contributed by atoms with Crippen LogP contribution >= 0.6 is 11.6 Å². The largest absolute Gasteiger partial charge is 0.397 e. The second-order valence-electron chi connectivity index (χ2n) is 10.2. The maximum Gasteiger partial charge on any atom is 0.244 e.